The third-order valence-corrected chi connectivity index (χ3v) is 8.09. The van der Waals surface area contributed by atoms with E-state index in [9.17, 15) is 40.7 Å². The first-order valence-corrected chi connectivity index (χ1v) is 13.1. The molecule has 1 fully saturated rings. The van der Waals surface area contributed by atoms with E-state index in [4.69, 9.17) is 46.4 Å². The van der Waals surface area contributed by atoms with Gasteiger partial charge in [-0.1, -0.05) is 29.3 Å². The molecular weight excluding hydrogens is 642 g/mol. The van der Waals surface area contributed by atoms with Crippen molar-refractivity contribution in [1.29, 1.82) is 0 Å². The molecule has 0 spiro atoms. The summed E-state index contributed by atoms with van der Waals surface area (Å²) in [6.45, 7) is 0. The van der Waals surface area contributed by atoms with Crippen LogP contribution in [-0.2, 0) is 22.4 Å². The molecule has 3 aromatic rings. The lowest BCUT2D eigenvalue weighted by Gasteiger charge is -2.11. The van der Waals surface area contributed by atoms with Crippen molar-refractivity contribution in [1.82, 2.24) is 0 Å². The molecule has 4 rings (SSSR count). The molecule has 0 unspecified atom stereocenters. The number of nitrogens with one attached hydrogen (secondary N) is 1. The molecular formula is C27H15Cl4F6NO3. The predicted octanol–water partition coefficient (Wildman–Crippen LogP) is 7.88. The standard InChI is InChI=1S/C27H15Cl4F6NO3/c28-15-2-1-10(4-16(15)29)22-23(27(22,30)31)26(41)38-13-7-14(24(35)19(34)8-13)20(39)5-11-3-12(6-21(40)25(36)37)18(33)9-17(11)32/h1-4,7-9,22-23,25H,5-6H2,(H,38,41)/t22-,23+/m0/s1. The van der Waals surface area contributed by atoms with Crippen LogP contribution in [0.2, 0.25) is 10.0 Å². The molecule has 1 saturated carbocycles. The number of hydrogen-bond donors (Lipinski definition) is 1. The highest BCUT2D eigenvalue weighted by molar-refractivity contribution is 6.53. The second-order valence-corrected chi connectivity index (χ2v) is 11.4. The summed E-state index contributed by atoms with van der Waals surface area (Å²) in [5, 5.41) is 2.76. The van der Waals surface area contributed by atoms with Crippen molar-refractivity contribution < 1.29 is 40.7 Å². The molecule has 3 aromatic carbocycles. The van der Waals surface area contributed by atoms with Gasteiger partial charge >= 0.3 is 0 Å². The van der Waals surface area contributed by atoms with Gasteiger partial charge in [0.1, 0.15) is 16.0 Å². The Morgan fingerprint density at radius 2 is 1.46 bits per heavy atom. The largest absolute Gasteiger partial charge is 0.326 e. The van der Waals surface area contributed by atoms with Crippen molar-refractivity contribution in [2.45, 2.75) is 29.5 Å². The SMILES string of the molecule is O=C(Cc1cc(CC(=O)C(F)F)c(F)cc1F)c1cc(NC(=O)[C@H]2[C@H](c3ccc(Cl)c(Cl)c3)C2(Cl)Cl)cc(F)c1F. The summed E-state index contributed by atoms with van der Waals surface area (Å²) in [5.74, 6) is -11.2. The summed E-state index contributed by atoms with van der Waals surface area (Å²) in [4.78, 5) is 37.1. The fraction of sp³-hybridized carbons (Fsp3) is 0.222. The molecule has 4 nitrogen and oxygen atoms in total. The molecule has 0 radical (unpaired) electrons. The molecule has 2 atom stereocenters. The Hall–Kier alpha value is -2.79. The van der Waals surface area contributed by atoms with Gasteiger partial charge in [-0.3, -0.25) is 14.4 Å². The monoisotopic (exact) mass is 655 g/mol. The van der Waals surface area contributed by atoms with Crippen molar-refractivity contribution in [2.24, 2.45) is 5.92 Å². The second kappa shape index (κ2) is 11.8. The van der Waals surface area contributed by atoms with Gasteiger partial charge in [-0.05, 0) is 41.0 Å². The van der Waals surface area contributed by atoms with Crippen LogP contribution < -0.4 is 5.32 Å². The normalized spacial score (nSPS) is 17.4. The molecule has 1 amide bonds. The minimum absolute atomic E-state index is 0.188. The summed E-state index contributed by atoms with van der Waals surface area (Å²) in [7, 11) is 0. The van der Waals surface area contributed by atoms with Crippen molar-refractivity contribution in [3.8, 4) is 0 Å². The van der Waals surface area contributed by atoms with Gasteiger partial charge in [0.15, 0.2) is 17.4 Å². The van der Waals surface area contributed by atoms with Gasteiger partial charge in [0.2, 0.25) is 11.7 Å². The minimum atomic E-state index is -3.41. The van der Waals surface area contributed by atoms with Crippen LogP contribution >= 0.6 is 46.4 Å². The third kappa shape index (κ3) is 6.51. The van der Waals surface area contributed by atoms with Crippen LogP contribution in [0.1, 0.15) is 33.0 Å². The van der Waals surface area contributed by atoms with E-state index in [0.29, 0.717) is 17.7 Å². The lowest BCUT2D eigenvalue weighted by molar-refractivity contribution is -0.128. The van der Waals surface area contributed by atoms with E-state index in [1.54, 1.807) is 6.07 Å². The van der Waals surface area contributed by atoms with Crippen molar-refractivity contribution in [3.05, 3.63) is 98.0 Å². The summed E-state index contributed by atoms with van der Waals surface area (Å²) in [6, 6.07) is 6.86. The van der Waals surface area contributed by atoms with Gasteiger partial charge in [0, 0.05) is 36.6 Å². The van der Waals surface area contributed by atoms with Gasteiger partial charge in [-0.25, -0.2) is 26.3 Å². The summed E-state index contributed by atoms with van der Waals surface area (Å²) >= 11 is 24.5. The van der Waals surface area contributed by atoms with E-state index >= 15 is 0 Å². The molecule has 41 heavy (non-hydrogen) atoms. The van der Waals surface area contributed by atoms with Crippen LogP contribution in [0.25, 0.3) is 0 Å². The molecule has 14 heteroatoms. The maximum Gasteiger partial charge on any atom is 0.296 e. The van der Waals surface area contributed by atoms with E-state index < -0.39 is 92.9 Å². The summed E-state index contributed by atoms with van der Waals surface area (Å²) < 4.78 is 80.9. The van der Waals surface area contributed by atoms with Crippen molar-refractivity contribution in [3.63, 3.8) is 0 Å². The number of halogens is 10. The number of rotatable bonds is 9. The number of benzene rings is 3. The quantitative estimate of drug-likeness (QED) is 0.145. The van der Waals surface area contributed by atoms with Crippen LogP contribution in [0.15, 0.2) is 42.5 Å². The van der Waals surface area contributed by atoms with Crippen molar-refractivity contribution in [2.75, 3.05) is 5.32 Å². The molecule has 1 aliphatic rings. The number of hydrogen-bond acceptors (Lipinski definition) is 3. The Balaban J connectivity index is 1.55. The van der Waals surface area contributed by atoms with Crippen LogP contribution in [0.3, 0.4) is 0 Å². The van der Waals surface area contributed by atoms with Gasteiger partial charge in [-0.15, -0.1) is 23.2 Å². The predicted molar refractivity (Wildman–Crippen MR) is 141 cm³/mol. The van der Waals surface area contributed by atoms with Gasteiger partial charge in [0.25, 0.3) is 6.43 Å². The molecule has 0 heterocycles. The topological polar surface area (TPSA) is 63.2 Å². The number of anilines is 1. The Bertz CT molecular complexity index is 1580. The first kappa shape index (κ1) is 31.2. The van der Waals surface area contributed by atoms with Crippen LogP contribution in [0.4, 0.5) is 32.0 Å². The van der Waals surface area contributed by atoms with E-state index in [1.165, 1.54) is 12.1 Å². The second-order valence-electron chi connectivity index (χ2n) is 9.19. The number of Topliss-reactive ketones (excluding diaryl/α,β-unsaturated/α-hetero) is 2. The smallest absolute Gasteiger partial charge is 0.296 e. The number of ketones is 2. The maximum absolute atomic E-state index is 14.6. The van der Waals surface area contributed by atoms with Crippen LogP contribution in [0, 0.1) is 29.2 Å². The first-order valence-electron chi connectivity index (χ1n) is 11.5. The first-order chi connectivity index (χ1) is 19.1. The minimum Gasteiger partial charge on any atom is -0.326 e. The molecule has 216 valence electrons. The van der Waals surface area contributed by atoms with E-state index in [0.717, 1.165) is 6.07 Å². The van der Waals surface area contributed by atoms with Crippen LogP contribution in [-0.4, -0.2) is 28.2 Å². The molecule has 0 saturated heterocycles. The molecule has 0 bridgehead atoms. The van der Waals surface area contributed by atoms with E-state index in [-0.39, 0.29) is 21.8 Å². The number of alkyl halides is 4. The van der Waals surface area contributed by atoms with E-state index in [1.807, 2.05) is 0 Å². The zero-order chi connectivity index (χ0) is 30.4. The number of carbonyl (C=O) groups excluding carboxylic acids is 3. The highest BCUT2D eigenvalue weighted by Gasteiger charge is 2.67. The molecule has 1 aliphatic carbocycles. The Labute approximate surface area is 248 Å². The highest BCUT2D eigenvalue weighted by Crippen LogP contribution is 2.65. The Morgan fingerprint density at radius 1 is 0.829 bits per heavy atom. The molecule has 0 aliphatic heterocycles. The fourth-order valence-electron chi connectivity index (χ4n) is 4.31. The summed E-state index contributed by atoms with van der Waals surface area (Å²) in [6.07, 6.45) is -5.44. The van der Waals surface area contributed by atoms with Gasteiger partial charge < -0.3 is 5.32 Å². The van der Waals surface area contributed by atoms with Gasteiger partial charge in [0.05, 0.1) is 21.5 Å². The lowest BCUT2D eigenvalue weighted by Crippen LogP contribution is -2.18. The molecule has 1 N–H and O–H groups in total. The lowest BCUT2D eigenvalue weighted by atomic mass is 9.98. The maximum atomic E-state index is 14.6. The zero-order valence-corrected chi connectivity index (χ0v) is 23.2. The van der Waals surface area contributed by atoms with Crippen molar-refractivity contribution >= 4 is 69.6 Å². The molecule has 0 aromatic heterocycles. The number of carbonyl (C=O) groups is 3. The zero-order valence-electron chi connectivity index (χ0n) is 20.2. The van der Waals surface area contributed by atoms with Gasteiger partial charge in [-0.2, -0.15) is 0 Å². The average Bonchev–Trinajstić information content (AvgIpc) is 3.47. The van der Waals surface area contributed by atoms with Crippen LogP contribution in [0.5, 0.6) is 0 Å². The fourth-order valence-corrected chi connectivity index (χ4v) is 5.44. The Morgan fingerprint density at radius 3 is 2.07 bits per heavy atom. The third-order valence-electron chi connectivity index (χ3n) is 6.41. The Kier molecular flexibility index (Phi) is 8.99. The number of amides is 1. The summed E-state index contributed by atoms with van der Waals surface area (Å²) in [5.41, 5.74) is -1.93. The average molecular weight is 657 g/mol. The highest BCUT2D eigenvalue weighted by atomic mass is 35.5. The van der Waals surface area contributed by atoms with E-state index in [2.05, 4.69) is 5.32 Å².